The summed E-state index contributed by atoms with van der Waals surface area (Å²) in [6.45, 7) is 7.33. The number of likely N-dealkylation sites (N-methyl/N-ethyl adjacent to an activating group) is 1. The lowest BCUT2D eigenvalue weighted by molar-refractivity contribution is 0.313. The molecule has 1 fully saturated rings. The fourth-order valence-electron chi connectivity index (χ4n) is 6.08. The van der Waals surface area contributed by atoms with Crippen molar-refractivity contribution < 1.29 is 9.30 Å². The third kappa shape index (κ3) is 5.65. The molecule has 0 bridgehead atoms. The standard InChI is InChI=1S/C33H37N10O2P/c1-41-12-14-43(15-13-41)28-17-29(45-3)26(16-24(28)21-18-36-42(2)20-21)38-33-39-31-23(10-11-34-31)32(40-33)37-27-19-35-25-9-7-6-8-22(25)30(27)46(4,5)44/h6-11,16-20H,12-15H2,1-5H3,(H3,34,37,38,39,40). The van der Waals surface area contributed by atoms with Crippen LogP contribution in [0, 0.1) is 0 Å². The van der Waals surface area contributed by atoms with Crippen LogP contribution < -0.4 is 25.6 Å². The summed E-state index contributed by atoms with van der Waals surface area (Å²) in [4.78, 5) is 22.3. The van der Waals surface area contributed by atoms with Crippen LogP contribution in [0.4, 0.5) is 28.8 Å². The van der Waals surface area contributed by atoms with Crippen molar-refractivity contribution in [3.63, 3.8) is 0 Å². The summed E-state index contributed by atoms with van der Waals surface area (Å²) < 4.78 is 21.3. The number of piperazine rings is 1. The summed E-state index contributed by atoms with van der Waals surface area (Å²) in [6, 6.07) is 13.8. The van der Waals surface area contributed by atoms with E-state index >= 15 is 0 Å². The molecule has 0 amide bonds. The average molecular weight is 637 g/mol. The van der Waals surface area contributed by atoms with Crippen LogP contribution >= 0.6 is 7.14 Å². The largest absolute Gasteiger partial charge is 0.494 e. The number of fused-ring (bicyclic) bond motifs is 2. The highest BCUT2D eigenvalue weighted by atomic mass is 31.2. The maximum atomic E-state index is 13.6. The highest BCUT2D eigenvalue weighted by Gasteiger charge is 2.24. The lowest BCUT2D eigenvalue weighted by Gasteiger charge is -2.35. The number of rotatable bonds is 8. The summed E-state index contributed by atoms with van der Waals surface area (Å²) in [6.07, 6.45) is 7.45. The van der Waals surface area contributed by atoms with Crippen LogP contribution in [0.25, 0.3) is 33.1 Å². The molecule has 0 radical (unpaired) electrons. The summed E-state index contributed by atoms with van der Waals surface area (Å²) in [5.74, 6) is 1.60. The molecule has 0 saturated carbocycles. The van der Waals surface area contributed by atoms with Gasteiger partial charge in [0.15, 0.2) is 0 Å². The number of para-hydroxylation sites is 1. The molecule has 0 spiro atoms. The van der Waals surface area contributed by atoms with Crippen molar-refractivity contribution in [2.75, 3.05) is 69.2 Å². The summed E-state index contributed by atoms with van der Waals surface area (Å²) >= 11 is 0. The monoisotopic (exact) mass is 636 g/mol. The Bertz CT molecular complexity index is 2110. The van der Waals surface area contributed by atoms with Crippen molar-refractivity contribution in [3.8, 4) is 16.9 Å². The summed E-state index contributed by atoms with van der Waals surface area (Å²) in [5.41, 5.74) is 5.93. The zero-order valence-electron chi connectivity index (χ0n) is 26.6. The van der Waals surface area contributed by atoms with Crippen LogP contribution in [-0.4, -0.2) is 88.3 Å². The number of benzene rings is 2. The van der Waals surface area contributed by atoms with Crippen molar-refractivity contribution in [1.29, 1.82) is 0 Å². The van der Waals surface area contributed by atoms with Gasteiger partial charge in [-0.3, -0.25) is 9.67 Å². The van der Waals surface area contributed by atoms with Crippen LogP contribution in [0.15, 0.2) is 67.3 Å². The van der Waals surface area contributed by atoms with E-state index in [-0.39, 0.29) is 0 Å². The Kier molecular flexibility index (Phi) is 7.62. The van der Waals surface area contributed by atoms with E-state index in [1.165, 1.54) is 0 Å². The second-order valence-corrected chi connectivity index (χ2v) is 15.2. The van der Waals surface area contributed by atoms with E-state index in [2.05, 4.69) is 54.7 Å². The zero-order chi connectivity index (χ0) is 32.0. The number of H-pyrrole nitrogens is 1. The van der Waals surface area contributed by atoms with Gasteiger partial charge in [-0.15, -0.1) is 0 Å². The van der Waals surface area contributed by atoms with Gasteiger partial charge in [-0.1, -0.05) is 18.2 Å². The molecule has 0 aliphatic carbocycles. The van der Waals surface area contributed by atoms with Gasteiger partial charge in [-0.25, -0.2) is 0 Å². The number of nitrogens with one attached hydrogen (secondary N) is 3. The molecule has 5 heterocycles. The molecule has 2 aromatic carbocycles. The summed E-state index contributed by atoms with van der Waals surface area (Å²) in [7, 11) is 3.02. The number of ether oxygens (including phenoxy) is 1. The highest BCUT2D eigenvalue weighted by Crippen LogP contribution is 2.43. The van der Waals surface area contributed by atoms with Crippen LogP contribution in [0.5, 0.6) is 5.75 Å². The van der Waals surface area contributed by atoms with Crippen LogP contribution in [-0.2, 0) is 11.6 Å². The molecular formula is C33H37N10O2P. The summed E-state index contributed by atoms with van der Waals surface area (Å²) in [5, 5.41) is 13.7. The molecule has 6 aromatic rings. The second kappa shape index (κ2) is 11.8. The van der Waals surface area contributed by atoms with Gasteiger partial charge in [-0.2, -0.15) is 15.1 Å². The number of pyridine rings is 1. The fourth-order valence-corrected chi connectivity index (χ4v) is 7.54. The predicted molar refractivity (Wildman–Crippen MR) is 186 cm³/mol. The molecule has 0 atom stereocenters. The molecule has 3 N–H and O–H groups in total. The molecule has 13 heteroatoms. The maximum absolute atomic E-state index is 13.6. The van der Waals surface area contributed by atoms with Crippen LogP contribution in [0.2, 0.25) is 0 Å². The molecule has 1 aliphatic rings. The Labute approximate surface area is 267 Å². The third-order valence-electron chi connectivity index (χ3n) is 8.38. The van der Waals surface area contributed by atoms with Gasteiger partial charge < -0.3 is 34.7 Å². The third-order valence-corrected chi connectivity index (χ3v) is 9.94. The predicted octanol–water partition coefficient (Wildman–Crippen LogP) is 5.40. The minimum Gasteiger partial charge on any atom is -0.494 e. The van der Waals surface area contributed by atoms with E-state index in [9.17, 15) is 4.57 Å². The first-order valence-electron chi connectivity index (χ1n) is 15.1. The topological polar surface area (TPSA) is 129 Å². The first kappa shape index (κ1) is 29.8. The Morgan fingerprint density at radius 1 is 0.935 bits per heavy atom. The van der Waals surface area contributed by atoms with Gasteiger partial charge in [0.05, 0.1) is 41.8 Å². The van der Waals surface area contributed by atoms with Crippen molar-refractivity contribution in [3.05, 3.63) is 67.3 Å². The highest BCUT2D eigenvalue weighted by molar-refractivity contribution is 7.71. The normalized spacial score (nSPS) is 14.2. The minimum absolute atomic E-state index is 0.367. The van der Waals surface area contributed by atoms with E-state index < -0.39 is 7.14 Å². The Hall–Kier alpha value is -4.93. The first-order chi connectivity index (χ1) is 22.2. The van der Waals surface area contributed by atoms with Crippen molar-refractivity contribution in [2.45, 2.75) is 0 Å². The number of aryl methyl sites for hydroxylation is 1. The number of nitrogens with zero attached hydrogens (tertiary/aromatic N) is 7. The van der Waals surface area contributed by atoms with Gasteiger partial charge in [-0.05, 0) is 38.6 Å². The van der Waals surface area contributed by atoms with E-state index in [1.54, 1.807) is 26.6 Å². The first-order valence-corrected chi connectivity index (χ1v) is 17.7. The lowest BCUT2D eigenvalue weighted by Crippen LogP contribution is -2.44. The molecule has 12 nitrogen and oxygen atoms in total. The SMILES string of the molecule is COc1cc(N2CCN(C)CC2)c(-c2cnn(C)c2)cc1Nc1nc(Nc2cnc3ccccc3c2P(C)(C)=O)c2cc[nH]c2n1. The molecule has 46 heavy (non-hydrogen) atoms. The Balaban J connectivity index is 1.31. The minimum atomic E-state index is -2.71. The van der Waals surface area contributed by atoms with Crippen molar-refractivity contribution >= 4 is 63.2 Å². The number of hydrogen-bond acceptors (Lipinski definition) is 10. The van der Waals surface area contributed by atoms with Gasteiger partial charge in [0, 0.05) is 79.2 Å². The Morgan fingerprint density at radius 3 is 2.48 bits per heavy atom. The molecule has 4 aromatic heterocycles. The number of aromatic amines is 1. The van der Waals surface area contributed by atoms with Crippen LogP contribution in [0.1, 0.15) is 0 Å². The quantitative estimate of drug-likeness (QED) is 0.187. The Morgan fingerprint density at radius 2 is 1.74 bits per heavy atom. The van der Waals surface area contributed by atoms with Gasteiger partial charge in [0.1, 0.15) is 24.4 Å². The molecule has 236 valence electrons. The zero-order valence-corrected chi connectivity index (χ0v) is 27.5. The lowest BCUT2D eigenvalue weighted by atomic mass is 10.0. The van der Waals surface area contributed by atoms with E-state index in [0.717, 1.165) is 70.3 Å². The molecule has 1 aliphatic heterocycles. The van der Waals surface area contributed by atoms with Crippen molar-refractivity contribution in [1.82, 2.24) is 34.6 Å². The van der Waals surface area contributed by atoms with E-state index in [0.29, 0.717) is 28.9 Å². The number of aromatic nitrogens is 6. The molecule has 0 unspecified atom stereocenters. The van der Waals surface area contributed by atoms with Gasteiger partial charge in [0.2, 0.25) is 5.95 Å². The molecule has 1 saturated heterocycles. The number of methoxy groups -OCH3 is 1. The smallest absolute Gasteiger partial charge is 0.231 e. The van der Waals surface area contributed by atoms with E-state index in [1.807, 2.05) is 60.7 Å². The number of anilines is 5. The van der Waals surface area contributed by atoms with Gasteiger partial charge >= 0.3 is 0 Å². The molecular weight excluding hydrogens is 599 g/mol. The fraction of sp³-hybridized carbons (Fsp3) is 0.273. The van der Waals surface area contributed by atoms with Crippen molar-refractivity contribution in [2.24, 2.45) is 7.05 Å². The van der Waals surface area contributed by atoms with Gasteiger partial charge in [0.25, 0.3) is 0 Å². The van der Waals surface area contributed by atoms with E-state index in [4.69, 9.17) is 14.7 Å². The molecule has 7 rings (SSSR count). The average Bonchev–Trinajstić information content (AvgIpc) is 3.70. The number of hydrogen-bond donors (Lipinski definition) is 3. The van der Waals surface area contributed by atoms with Crippen LogP contribution in [0.3, 0.4) is 0 Å². The second-order valence-electron chi connectivity index (χ2n) is 12.0. The maximum Gasteiger partial charge on any atom is 0.231 e.